The van der Waals surface area contributed by atoms with Crippen LogP contribution in [0.15, 0.2) is 48.5 Å². The van der Waals surface area contributed by atoms with Crippen molar-refractivity contribution in [3.8, 4) is 0 Å². The van der Waals surface area contributed by atoms with Crippen LogP contribution in [0.1, 0.15) is 30.5 Å². The van der Waals surface area contributed by atoms with Crippen LogP contribution in [-0.2, 0) is 17.7 Å². The van der Waals surface area contributed by atoms with Crippen LogP contribution in [0.2, 0.25) is 0 Å². The summed E-state index contributed by atoms with van der Waals surface area (Å²) in [5, 5.41) is 0. The lowest BCUT2D eigenvalue weighted by atomic mass is 9.82. The molecule has 0 amide bonds. The van der Waals surface area contributed by atoms with Crippen LogP contribution in [-0.4, -0.2) is 59.7 Å². The molecule has 5 nitrogen and oxygen atoms in total. The molecule has 5 heteroatoms. The van der Waals surface area contributed by atoms with Gasteiger partial charge in [0.2, 0.25) is 0 Å². The van der Waals surface area contributed by atoms with E-state index in [2.05, 4.69) is 56.0 Å². The smallest absolute Gasteiger partial charge is 0.269 e. The Balaban J connectivity index is 1.38. The lowest BCUT2D eigenvalue weighted by Gasteiger charge is -2.50. The average Bonchev–Trinajstić information content (AvgIpc) is 2.80. The number of nitrogens with zero attached hydrogens (tertiary/aromatic N) is 4. The first-order chi connectivity index (χ1) is 14.3. The summed E-state index contributed by atoms with van der Waals surface area (Å²) in [4.78, 5) is 13.3. The van der Waals surface area contributed by atoms with E-state index in [4.69, 9.17) is 11.3 Å². The molecule has 0 atom stereocenters. The van der Waals surface area contributed by atoms with Crippen LogP contribution in [0, 0.1) is 6.57 Å². The Morgan fingerprint density at radius 2 is 1.72 bits per heavy atom. The highest BCUT2D eigenvalue weighted by molar-refractivity contribution is 5.36. The standard InChI is InChI=1S/C24H30N4O/c1-25-23-9-5-8-22(26-23)10-11-24(12-18-29-19-13-24)28-16-14-27(15-17-28)20-21-6-3-2-4-7-21/h2-9H,10-20H2. The van der Waals surface area contributed by atoms with Crippen LogP contribution in [0.25, 0.3) is 4.85 Å². The van der Waals surface area contributed by atoms with E-state index in [9.17, 15) is 0 Å². The summed E-state index contributed by atoms with van der Waals surface area (Å²) in [6, 6.07) is 16.6. The molecule has 3 heterocycles. The van der Waals surface area contributed by atoms with E-state index >= 15 is 0 Å². The highest BCUT2D eigenvalue weighted by Crippen LogP contribution is 2.34. The van der Waals surface area contributed by atoms with Crippen LogP contribution in [0.5, 0.6) is 0 Å². The van der Waals surface area contributed by atoms with E-state index in [1.54, 1.807) is 6.07 Å². The highest BCUT2D eigenvalue weighted by Gasteiger charge is 2.39. The molecule has 2 aromatic rings. The Morgan fingerprint density at radius 1 is 0.966 bits per heavy atom. The monoisotopic (exact) mass is 390 g/mol. The quantitative estimate of drug-likeness (QED) is 0.700. The average molecular weight is 391 g/mol. The Morgan fingerprint density at radius 3 is 2.45 bits per heavy atom. The third kappa shape index (κ3) is 5.02. The van der Waals surface area contributed by atoms with Crippen molar-refractivity contribution in [3.05, 3.63) is 71.2 Å². The molecule has 0 radical (unpaired) electrons. The van der Waals surface area contributed by atoms with Gasteiger partial charge in [0.05, 0.1) is 0 Å². The van der Waals surface area contributed by atoms with Gasteiger partial charge < -0.3 is 9.58 Å². The summed E-state index contributed by atoms with van der Waals surface area (Å²) in [7, 11) is 0. The maximum absolute atomic E-state index is 7.20. The van der Waals surface area contributed by atoms with Crippen molar-refractivity contribution in [1.82, 2.24) is 14.8 Å². The highest BCUT2D eigenvalue weighted by atomic mass is 16.5. The van der Waals surface area contributed by atoms with Crippen molar-refractivity contribution in [3.63, 3.8) is 0 Å². The summed E-state index contributed by atoms with van der Waals surface area (Å²) in [6.45, 7) is 14.4. The molecular formula is C24H30N4O. The van der Waals surface area contributed by atoms with Crippen LogP contribution in [0.4, 0.5) is 5.82 Å². The summed E-state index contributed by atoms with van der Waals surface area (Å²) < 4.78 is 5.71. The van der Waals surface area contributed by atoms with Gasteiger partial charge in [0.25, 0.3) is 5.82 Å². The van der Waals surface area contributed by atoms with Crippen LogP contribution >= 0.6 is 0 Å². The van der Waals surface area contributed by atoms with Crippen molar-refractivity contribution in [2.45, 2.75) is 37.8 Å². The summed E-state index contributed by atoms with van der Waals surface area (Å²) in [6.07, 6.45) is 4.19. The molecule has 2 saturated heterocycles. The zero-order valence-electron chi connectivity index (χ0n) is 17.1. The third-order valence-electron chi connectivity index (χ3n) is 6.47. The molecule has 1 aromatic heterocycles. The van der Waals surface area contributed by atoms with Gasteiger partial charge in [-0.05, 0) is 37.0 Å². The van der Waals surface area contributed by atoms with Crippen LogP contribution in [0.3, 0.4) is 0 Å². The number of rotatable bonds is 6. The first-order valence-electron chi connectivity index (χ1n) is 10.7. The predicted octanol–water partition coefficient (Wildman–Crippen LogP) is 3.93. The predicted molar refractivity (Wildman–Crippen MR) is 115 cm³/mol. The molecule has 2 aliphatic heterocycles. The van der Waals surface area contributed by atoms with Crippen molar-refractivity contribution in [2.24, 2.45) is 0 Å². The SMILES string of the molecule is [C-]#[N+]c1cccc(CCC2(N3CCN(Cc4ccccc4)CC3)CCOCC2)n1. The number of hydrogen-bond acceptors (Lipinski definition) is 4. The van der Waals surface area contributed by atoms with Gasteiger partial charge in [-0.2, -0.15) is 0 Å². The molecule has 29 heavy (non-hydrogen) atoms. The zero-order valence-corrected chi connectivity index (χ0v) is 17.1. The molecule has 2 fully saturated rings. The zero-order chi connectivity index (χ0) is 19.9. The Kier molecular flexibility index (Phi) is 6.56. The van der Waals surface area contributed by atoms with E-state index in [0.29, 0.717) is 5.82 Å². The van der Waals surface area contributed by atoms with Gasteiger partial charge in [-0.3, -0.25) is 9.80 Å². The Hall–Kier alpha value is -2.26. The van der Waals surface area contributed by atoms with Gasteiger partial charge in [0.15, 0.2) is 0 Å². The van der Waals surface area contributed by atoms with Gasteiger partial charge in [-0.25, -0.2) is 0 Å². The second-order valence-electron chi connectivity index (χ2n) is 8.18. The number of pyridine rings is 1. The number of piperazine rings is 1. The topological polar surface area (TPSA) is 33.0 Å². The fourth-order valence-corrected chi connectivity index (χ4v) is 4.73. The van der Waals surface area contributed by atoms with Crippen molar-refractivity contribution in [2.75, 3.05) is 39.4 Å². The first-order valence-corrected chi connectivity index (χ1v) is 10.7. The minimum absolute atomic E-state index is 0.201. The van der Waals surface area contributed by atoms with Gasteiger partial charge in [0.1, 0.15) is 5.69 Å². The van der Waals surface area contributed by atoms with Crippen LogP contribution < -0.4 is 0 Å². The third-order valence-corrected chi connectivity index (χ3v) is 6.47. The van der Waals surface area contributed by atoms with E-state index < -0.39 is 0 Å². The lowest BCUT2D eigenvalue weighted by Crippen LogP contribution is -2.59. The first kappa shape index (κ1) is 20.0. The second-order valence-corrected chi connectivity index (χ2v) is 8.18. The second kappa shape index (κ2) is 9.49. The van der Waals surface area contributed by atoms with E-state index in [1.165, 1.54) is 5.56 Å². The Labute approximate surface area is 174 Å². The Bertz CT molecular complexity index is 818. The number of benzene rings is 1. The molecular weight excluding hydrogens is 360 g/mol. The molecule has 0 unspecified atom stereocenters. The van der Waals surface area contributed by atoms with Crippen molar-refractivity contribution >= 4 is 5.82 Å². The molecule has 1 aromatic carbocycles. The number of ether oxygens (including phenoxy) is 1. The summed E-state index contributed by atoms with van der Waals surface area (Å²) in [5.74, 6) is 0.498. The summed E-state index contributed by atoms with van der Waals surface area (Å²) in [5.41, 5.74) is 2.63. The maximum Gasteiger partial charge on any atom is 0.269 e. The minimum atomic E-state index is 0.201. The van der Waals surface area contributed by atoms with Crippen molar-refractivity contribution in [1.29, 1.82) is 0 Å². The fourth-order valence-electron chi connectivity index (χ4n) is 4.73. The van der Waals surface area contributed by atoms with E-state index in [1.807, 2.05) is 6.07 Å². The number of aryl methyl sites for hydroxylation is 1. The normalized spacial score (nSPS) is 20.2. The molecule has 0 aliphatic carbocycles. The largest absolute Gasteiger partial charge is 0.381 e. The van der Waals surface area contributed by atoms with Gasteiger partial charge in [0, 0.05) is 57.9 Å². The lowest BCUT2D eigenvalue weighted by molar-refractivity contribution is -0.0522. The number of aromatic nitrogens is 1. The molecule has 0 saturated carbocycles. The van der Waals surface area contributed by atoms with Gasteiger partial charge >= 0.3 is 0 Å². The molecule has 0 spiro atoms. The molecule has 152 valence electrons. The molecule has 2 aliphatic rings. The minimum Gasteiger partial charge on any atom is -0.381 e. The van der Waals surface area contributed by atoms with Gasteiger partial charge in [-0.1, -0.05) is 43.0 Å². The molecule has 0 N–H and O–H groups in total. The fraction of sp³-hybridized carbons (Fsp3) is 0.500. The molecule has 4 rings (SSSR count). The molecule has 0 bridgehead atoms. The summed E-state index contributed by atoms with van der Waals surface area (Å²) >= 11 is 0. The maximum atomic E-state index is 7.20. The van der Waals surface area contributed by atoms with Gasteiger partial charge in [-0.15, -0.1) is 4.98 Å². The van der Waals surface area contributed by atoms with E-state index in [-0.39, 0.29) is 5.54 Å². The number of hydrogen-bond donors (Lipinski definition) is 0. The van der Waals surface area contributed by atoms with E-state index in [0.717, 1.165) is 77.3 Å². The van der Waals surface area contributed by atoms with Crippen molar-refractivity contribution < 1.29 is 4.74 Å².